The third kappa shape index (κ3) is 3.89. The van der Waals surface area contributed by atoms with E-state index in [4.69, 9.17) is 0 Å². The Balaban J connectivity index is 1.86. The number of rotatable bonds is 6. The van der Waals surface area contributed by atoms with E-state index < -0.39 is 0 Å². The van der Waals surface area contributed by atoms with Gasteiger partial charge in [-0.05, 0) is 18.5 Å². The van der Waals surface area contributed by atoms with Crippen molar-refractivity contribution in [3.05, 3.63) is 36.2 Å². The molecule has 2 aromatic heterocycles. The van der Waals surface area contributed by atoms with Gasteiger partial charge >= 0.3 is 0 Å². The molecule has 0 aliphatic carbocycles. The van der Waals surface area contributed by atoms with E-state index >= 15 is 0 Å². The smallest absolute Gasteiger partial charge is 0.149 e. The molecule has 0 radical (unpaired) electrons. The molecule has 0 saturated carbocycles. The Morgan fingerprint density at radius 3 is 2.78 bits per heavy atom. The minimum Gasteiger partial charge on any atom is -0.311 e. The van der Waals surface area contributed by atoms with E-state index in [0.29, 0.717) is 12.5 Å². The summed E-state index contributed by atoms with van der Waals surface area (Å²) in [5.41, 5.74) is 0.937. The molecule has 0 unspecified atom stereocenters. The summed E-state index contributed by atoms with van der Waals surface area (Å²) in [4.78, 5) is 8.31. The second kappa shape index (κ2) is 6.20. The van der Waals surface area contributed by atoms with Gasteiger partial charge in [-0.25, -0.2) is 14.6 Å². The molecule has 2 aromatic rings. The van der Waals surface area contributed by atoms with Gasteiger partial charge in [0.2, 0.25) is 0 Å². The molecule has 0 saturated heterocycles. The van der Waals surface area contributed by atoms with Crippen LogP contribution in [-0.4, -0.2) is 31.5 Å². The molecule has 0 aromatic carbocycles. The van der Waals surface area contributed by atoms with E-state index in [0.717, 1.165) is 24.6 Å². The molecule has 2 rings (SSSR count). The Hall–Kier alpha value is -1.82. The van der Waals surface area contributed by atoms with Gasteiger partial charge in [-0.15, -0.1) is 5.10 Å². The predicted octanol–water partition coefficient (Wildman–Crippen LogP) is 0.862. The quantitative estimate of drug-likeness (QED) is 0.818. The second-order valence-electron chi connectivity index (χ2n) is 4.60. The molecular weight excluding hydrogens is 228 g/mol. The van der Waals surface area contributed by atoms with Crippen LogP contribution in [0.4, 0.5) is 0 Å². The number of aromatic nitrogens is 5. The van der Waals surface area contributed by atoms with Crippen LogP contribution in [0, 0.1) is 5.92 Å². The number of hydrogen-bond acceptors (Lipinski definition) is 5. The van der Waals surface area contributed by atoms with Gasteiger partial charge in [0.05, 0.1) is 11.9 Å². The SMILES string of the molecule is CC(C)CNCc1cn(Cc2ncccn2)nn1. The molecule has 0 aliphatic rings. The van der Waals surface area contributed by atoms with Gasteiger partial charge in [0, 0.05) is 18.9 Å². The second-order valence-corrected chi connectivity index (χ2v) is 4.60. The van der Waals surface area contributed by atoms with E-state index in [-0.39, 0.29) is 0 Å². The van der Waals surface area contributed by atoms with Gasteiger partial charge in [-0.3, -0.25) is 0 Å². The molecular formula is C12H18N6. The maximum Gasteiger partial charge on any atom is 0.149 e. The normalized spacial score (nSPS) is 11.1. The van der Waals surface area contributed by atoms with Crippen LogP contribution in [0.1, 0.15) is 25.4 Å². The van der Waals surface area contributed by atoms with Crippen molar-refractivity contribution in [2.24, 2.45) is 5.92 Å². The topological polar surface area (TPSA) is 68.5 Å². The average Bonchev–Trinajstić information content (AvgIpc) is 2.78. The van der Waals surface area contributed by atoms with Gasteiger partial charge in [0.15, 0.2) is 0 Å². The Kier molecular flexibility index (Phi) is 4.35. The van der Waals surface area contributed by atoms with Gasteiger partial charge in [0.1, 0.15) is 12.4 Å². The lowest BCUT2D eigenvalue weighted by Gasteiger charge is -2.04. The van der Waals surface area contributed by atoms with Crippen molar-refractivity contribution >= 4 is 0 Å². The molecule has 1 N–H and O–H groups in total. The summed E-state index contributed by atoms with van der Waals surface area (Å²) in [5, 5.41) is 11.5. The maximum absolute atomic E-state index is 4.15. The molecule has 18 heavy (non-hydrogen) atoms. The maximum atomic E-state index is 4.15. The van der Waals surface area contributed by atoms with E-state index in [9.17, 15) is 0 Å². The van der Waals surface area contributed by atoms with Crippen LogP contribution in [0.2, 0.25) is 0 Å². The first-order chi connectivity index (χ1) is 8.74. The molecule has 2 heterocycles. The summed E-state index contributed by atoms with van der Waals surface area (Å²) in [6.07, 6.45) is 5.37. The molecule has 6 nitrogen and oxygen atoms in total. The number of nitrogens with one attached hydrogen (secondary N) is 1. The number of hydrogen-bond donors (Lipinski definition) is 1. The summed E-state index contributed by atoms with van der Waals surface area (Å²) >= 11 is 0. The van der Waals surface area contributed by atoms with Crippen molar-refractivity contribution in [3.63, 3.8) is 0 Å². The standard InChI is InChI=1S/C12H18N6/c1-10(2)6-13-7-11-8-18(17-16-11)9-12-14-4-3-5-15-12/h3-5,8,10,13H,6-7,9H2,1-2H3. The third-order valence-corrected chi connectivity index (χ3v) is 2.37. The van der Waals surface area contributed by atoms with Crippen LogP contribution in [0.25, 0.3) is 0 Å². The van der Waals surface area contributed by atoms with E-state index in [1.165, 1.54) is 0 Å². The van der Waals surface area contributed by atoms with Crippen molar-refractivity contribution in [1.29, 1.82) is 0 Å². The minimum absolute atomic E-state index is 0.554. The largest absolute Gasteiger partial charge is 0.311 e. The Labute approximate surface area is 106 Å². The van der Waals surface area contributed by atoms with Crippen molar-refractivity contribution in [2.45, 2.75) is 26.9 Å². The Morgan fingerprint density at radius 1 is 1.28 bits per heavy atom. The van der Waals surface area contributed by atoms with Crippen LogP contribution >= 0.6 is 0 Å². The lowest BCUT2D eigenvalue weighted by molar-refractivity contribution is 0.548. The molecule has 6 heteroatoms. The van der Waals surface area contributed by atoms with Gasteiger partial charge < -0.3 is 5.32 Å². The summed E-state index contributed by atoms with van der Waals surface area (Å²) in [5.74, 6) is 1.38. The van der Waals surface area contributed by atoms with Crippen LogP contribution in [-0.2, 0) is 13.1 Å². The molecule has 0 bridgehead atoms. The highest BCUT2D eigenvalue weighted by atomic mass is 15.4. The highest BCUT2D eigenvalue weighted by Crippen LogP contribution is 1.97. The van der Waals surface area contributed by atoms with Crippen molar-refractivity contribution in [2.75, 3.05) is 6.54 Å². The van der Waals surface area contributed by atoms with E-state index in [1.54, 1.807) is 23.1 Å². The molecule has 0 atom stereocenters. The Morgan fingerprint density at radius 2 is 2.06 bits per heavy atom. The monoisotopic (exact) mass is 246 g/mol. The zero-order valence-corrected chi connectivity index (χ0v) is 10.7. The lowest BCUT2D eigenvalue weighted by atomic mass is 10.2. The van der Waals surface area contributed by atoms with Crippen LogP contribution in [0.3, 0.4) is 0 Å². The van der Waals surface area contributed by atoms with E-state index in [2.05, 4.69) is 39.4 Å². The molecule has 0 fully saturated rings. The summed E-state index contributed by atoms with van der Waals surface area (Å²) in [6, 6.07) is 1.80. The molecule has 96 valence electrons. The zero-order chi connectivity index (χ0) is 12.8. The van der Waals surface area contributed by atoms with Crippen molar-refractivity contribution < 1.29 is 0 Å². The number of nitrogens with zero attached hydrogens (tertiary/aromatic N) is 5. The predicted molar refractivity (Wildman–Crippen MR) is 67.7 cm³/mol. The molecule has 0 spiro atoms. The third-order valence-electron chi connectivity index (χ3n) is 2.37. The summed E-state index contributed by atoms with van der Waals surface area (Å²) in [6.45, 7) is 6.63. The Bertz CT molecular complexity index is 464. The van der Waals surface area contributed by atoms with Crippen LogP contribution < -0.4 is 5.32 Å². The van der Waals surface area contributed by atoms with Crippen LogP contribution in [0.5, 0.6) is 0 Å². The summed E-state index contributed by atoms with van der Waals surface area (Å²) < 4.78 is 1.75. The van der Waals surface area contributed by atoms with Crippen molar-refractivity contribution in [1.82, 2.24) is 30.3 Å². The lowest BCUT2D eigenvalue weighted by Crippen LogP contribution is -2.19. The average molecular weight is 246 g/mol. The fraction of sp³-hybridized carbons (Fsp3) is 0.500. The molecule has 0 amide bonds. The highest BCUT2D eigenvalue weighted by molar-refractivity contribution is 4.95. The zero-order valence-electron chi connectivity index (χ0n) is 10.7. The van der Waals surface area contributed by atoms with E-state index in [1.807, 2.05) is 6.20 Å². The minimum atomic E-state index is 0.554. The van der Waals surface area contributed by atoms with Gasteiger partial charge in [-0.1, -0.05) is 19.1 Å². The van der Waals surface area contributed by atoms with Gasteiger partial charge in [0.25, 0.3) is 0 Å². The first kappa shape index (κ1) is 12.6. The first-order valence-electron chi connectivity index (χ1n) is 6.09. The molecule has 0 aliphatic heterocycles. The fourth-order valence-electron chi connectivity index (χ4n) is 1.54. The summed E-state index contributed by atoms with van der Waals surface area (Å²) in [7, 11) is 0. The first-order valence-corrected chi connectivity index (χ1v) is 6.09. The van der Waals surface area contributed by atoms with Crippen molar-refractivity contribution in [3.8, 4) is 0 Å². The highest BCUT2D eigenvalue weighted by Gasteiger charge is 2.03. The fourth-order valence-corrected chi connectivity index (χ4v) is 1.54. The van der Waals surface area contributed by atoms with Gasteiger partial charge in [-0.2, -0.15) is 0 Å². The van der Waals surface area contributed by atoms with Crippen LogP contribution in [0.15, 0.2) is 24.7 Å².